The van der Waals surface area contributed by atoms with E-state index < -0.39 is 6.09 Å². The van der Waals surface area contributed by atoms with Gasteiger partial charge in [0, 0.05) is 0 Å². The van der Waals surface area contributed by atoms with E-state index >= 15 is 0 Å². The van der Waals surface area contributed by atoms with Crippen molar-refractivity contribution in [2.75, 3.05) is 19.8 Å². The molecular weight excluding hydrogens is 306 g/mol. The van der Waals surface area contributed by atoms with E-state index in [9.17, 15) is 4.79 Å². The quantitative estimate of drug-likeness (QED) is 0.608. The van der Waals surface area contributed by atoms with Crippen molar-refractivity contribution in [3.63, 3.8) is 0 Å². The predicted octanol–water partition coefficient (Wildman–Crippen LogP) is 4.41. The fourth-order valence-corrected chi connectivity index (χ4v) is 2.22. The Hall–Kier alpha value is -1.91. The van der Waals surface area contributed by atoms with Crippen molar-refractivity contribution < 1.29 is 19.0 Å². The molecule has 0 saturated carbocycles. The number of benzene rings is 1. The van der Waals surface area contributed by atoms with Crippen LogP contribution in [0.15, 0.2) is 24.3 Å². The molecule has 0 aliphatic rings. The Kier molecular flexibility index (Phi) is 9.73. The summed E-state index contributed by atoms with van der Waals surface area (Å²) < 4.78 is 16.4. The molecule has 0 heterocycles. The van der Waals surface area contributed by atoms with Gasteiger partial charge in [0.15, 0.2) is 0 Å². The van der Waals surface area contributed by atoms with Gasteiger partial charge in [-0.05, 0) is 49.9 Å². The summed E-state index contributed by atoms with van der Waals surface area (Å²) in [6.45, 7) is 9.55. The molecule has 5 nitrogen and oxygen atoms in total. The first-order valence-corrected chi connectivity index (χ1v) is 8.89. The SMILES string of the molecule is CCOC(=O)NCCOc1ccc(OC(CC)CC(C)CC)cc1. The zero-order chi connectivity index (χ0) is 17.8. The van der Waals surface area contributed by atoms with Gasteiger partial charge >= 0.3 is 6.09 Å². The molecule has 0 radical (unpaired) electrons. The zero-order valence-corrected chi connectivity index (χ0v) is 15.3. The molecule has 0 aliphatic heterocycles. The monoisotopic (exact) mass is 337 g/mol. The van der Waals surface area contributed by atoms with Crippen molar-refractivity contribution in [2.45, 2.75) is 53.1 Å². The van der Waals surface area contributed by atoms with Gasteiger partial charge in [-0.3, -0.25) is 0 Å². The maximum Gasteiger partial charge on any atom is 0.407 e. The molecular formula is C19H31NO4. The second kappa shape index (κ2) is 11.6. The highest BCUT2D eigenvalue weighted by Gasteiger charge is 2.12. The first-order chi connectivity index (χ1) is 11.6. The van der Waals surface area contributed by atoms with E-state index in [4.69, 9.17) is 14.2 Å². The van der Waals surface area contributed by atoms with Crippen molar-refractivity contribution in [2.24, 2.45) is 5.92 Å². The normalized spacial score (nSPS) is 13.0. The number of carbonyl (C=O) groups excluding carboxylic acids is 1. The molecule has 1 amide bonds. The molecule has 0 aromatic heterocycles. The number of nitrogens with one attached hydrogen (secondary N) is 1. The van der Waals surface area contributed by atoms with Crippen molar-refractivity contribution in [3.05, 3.63) is 24.3 Å². The van der Waals surface area contributed by atoms with E-state index in [0.29, 0.717) is 25.7 Å². The second-order valence-corrected chi connectivity index (χ2v) is 5.86. The van der Waals surface area contributed by atoms with Gasteiger partial charge in [0.25, 0.3) is 0 Å². The lowest BCUT2D eigenvalue weighted by Crippen LogP contribution is -2.28. The van der Waals surface area contributed by atoms with Gasteiger partial charge in [0.2, 0.25) is 0 Å². The zero-order valence-electron chi connectivity index (χ0n) is 15.3. The Morgan fingerprint density at radius 1 is 1.08 bits per heavy atom. The maximum absolute atomic E-state index is 11.1. The van der Waals surface area contributed by atoms with Gasteiger partial charge in [-0.25, -0.2) is 4.79 Å². The molecule has 0 saturated heterocycles. The van der Waals surface area contributed by atoms with E-state index in [-0.39, 0.29) is 6.10 Å². The number of ether oxygens (including phenoxy) is 3. The predicted molar refractivity (Wildman–Crippen MR) is 95.7 cm³/mol. The number of amides is 1. The molecule has 136 valence electrons. The standard InChI is InChI=1S/C19H31NO4/c1-5-15(4)14-16(6-2)24-18-10-8-17(9-11-18)23-13-12-20-19(21)22-7-3/h8-11,15-16H,5-7,12-14H2,1-4H3,(H,20,21). The van der Waals surface area contributed by atoms with Crippen LogP contribution in [0.3, 0.4) is 0 Å². The molecule has 5 heteroatoms. The Labute approximate surface area is 145 Å². The number of hydrogen-bond acceptors (Lipinski definition) is 4. The second-order valence-electron chi connectivity index (χ2n) is 5.86. The van der Waals surface area contributed by atoms with Crippen LogP contribution in [0.1, 0.15) is 47.0 Å². The average Bonchev–Trinajstić information content (AvgIpc) is 2.59. The summed E-state index contributed by atoms with van der Waals surface area (Å²) in [7, 11) is 0. The van der Waals surface area contributed by atoms with Crippen LogP contribution in [0.5, 0.6) is 11.5 Å². The molecule has 1 rings (SSSR count). The summed E-state index contributed by atoms with van der Waals surface area (Å²) in [5, 5.41) is 2.61. The third kappa shape index (κ3) is 8.09. The summed E-state index contributed by atoms with van der Waals surface area (Å²) >= 11 is 0. The fourth-order valence-electron chi connectivity index (χ4n) is 2.22. The third-order valence-electron chi connectivity index (χ3n) is 3.86. The highest BCUT2D eigenvalue weighted by Crippen LogP contribution is 2.22. The highest BCUT2D eigenvalue weighted by molar-refractivity contribution is 5.66. The lowest BCUT2D eigenvalue weighted by Gasteiger charge is -2.20. The van der Waals surface area contributed by atoms with Gasteiger partial charge in [-0.15, -0.1) is 0 Å². The van der Waals surface area contributed by atoms with Gasteiger partial charge in [0.1, 0.15) is 18.1 Å². The Morgan fingerprint density at radius 2 is 1.75 bits per heavy atom. The molecule has 0 aliphatic carbocycles. The van der Waals surface area contributed by atoms with E-state index in [1.165, 1.54) is 6.42 Å². The number of rotatable bonds is 11. The minimum Gasteiger partial charge on any atom is -0.492 e. The summed E-state index contributed by atoms with van der Waals surface area (Å²) in [5.41, 5.74) is 0. The van der Waals surface area contributed by atoms with Crippen molar-refractivity contribution in [3.8, 4) is 11.5 Å². The van der Waals surface area contributed by atoms with Crippen LogP contribution >= 0.6 is 0 Å². The van der Waals surface area contributed by atoms with Crippen LogP contribution in [0.4, 0.5) is 4.79 Å². The fraction of sp³-hybridized carbons (Fsp3) is 0.632. The van der Waals surface area contributed by atoms with Crippen LogP contribution in [0.25, 0.3) is 0 Å². The van der Waals surface area contributed by atoms with Gasteiger partial charge in [-0.2, -0.15) is 0 Å². The minimum atomic E-state index is -0.420. The van der Waals surface area contributed by atoms with E-state index in [1.807, 2.05) is 24.3 Å². The first kappa shape index (κ1) is 20.1. The van der Waals surface area contributed by atoms with Crippen LogP contribution in [-0.2, 0) is 4.74 Å². The Bertz CT molecular complexity index is 461. The molecule has 0 bridgehead atoms. The van der Waals surface area contributed by atoms with Gasteiger partial charge in [-0.1, -0.05) is 27.2 Å². The topological polar surface area (TPSA) is 56.8 Å². The summed E-state index contributed by atoms with van der Waals surface area (Å²) in [6, 6.07) is 7.62. The van der Waals surface area contributed by atoms with Crippen LogP contribution in [-0.4, -0.2) is 32.0 Å². The van der Waals surface area contributed by atoms with Crippen molar-refractivity contribution >= 4 is 6.09 Å². The molecule has 0 fully saturated rings. The van der Waals surface area contributed by atoms with E-state index in [1.54, 1.807) is 6.92 Å². The highest BCUT2D eigenvalue weighted by atomic mass is 16.5. The molecule has 2 unspecified atom stereocenters. The molecule has 0 spiro atoms. The Morgan fingerprint density at radius 3 is 2.33 bits per heavy atom. The van der Waals surface area contributed by atoms with E-state index in [2.05, 4.69) is 26.1 Å². The maximum atomic E-state index is 11.1. The lowest BCUT2D eigenvalue weighted by atomic mass is 10.00. The molecule has 2 atom stereocenters. The molecule has 24 heavy (non-hydrogen) atoms. The van der Waals surface area contributed by atoms with Gasteiger partial charge in [0.05, 0.1) is 19.3 Å². The largest absolute Gasteiger partial charge is 0.492 e. The van der Waals surface area contributed by atoms with Crippen LogP contribution in [0, 0.1) is 5.92 Å². The van der Waals surface area contributed by atoms with E-state index in [0.717, 1.165) is 24.3 Å². The molecule has 1 N–H and O–H groups in total. The van der Waals surface area contributed by atoms with Crippen molar-refractivity contribution in [1.82, 2.24) is 5.32 Å². The summed E-state index contributed by atoms with van der Waals surface area (Å²) in [4.78, 5) is 11.1. The first-order valence-electron chi connectivity index (χ1n) is 8.89. The molecule has 1 aromatic carbocycles. The third-order valence-corrected chi connectivity index (χ3v) is 3.86. The van der Waals surface area contributed by atoms with Crippen molar-refractivity contribution in [1.29, 1.82) is 0 Å². The minimum absolute atomic E-state index is 0.250. The Balaban J connectivity index is 2.35. The summed E-state index contributed by atoms with van der Waals surface area (Å²) in [6.07, 6.45) is 3.08. The number of alkyl carbamates (subject to hydrolysis) is 1. The number of carbonyl (C=O) groups is 1. The van der Waals surface area contributed by atoms with Crippen LogP contribution in [0.2, 0.25) is 0 Å². The lowest BCUT2D eigenvalue weighted by molar-refractivity contribution is 0.150. The molecule has 1 aromatic rings. The summed E-state index contributed by atoms with van der Waals surface area (Å²) in [5.74, 6) is 2.29. The average molecular weight is 337 g/mol. The number of hydrogen-bond donors (Lipinski definition) is 1. The smallest absolute Gasteiger partial charge is 0.407 e. The van der Waals surface area contributed by atoms with Gasteiger partial charge < -0.3 is 19.5 Å². The van der Waals surface area contributed by atoms with Crippen LogP contribution < -0.4 is 14.8 Å².